The summed E-state index contributed by atoms with van der Waals surface area (Å²) in [5.74, 6) is -0.140. The second-order valence-corrected chi connectivity index (χ2v) is 2.71. The summed E-state index contributed by atoms with van der Waals surface area (Å²) in [7, 11) is 0. The maximum atomic E-state index is 10.2. The van der Waals surface area contributed by atoms with Crippen molar-refractivity contribution in [3.8, 4) is 0 Å². The van der Waals surface area contributed by atoms with Crippen LogP contribution in [0.4, 0.5) is 0 Å². The molecule has 1 aromatic rings. The minimum absolute atomic E-state index is 0.0927. The van der Waals surface area contributed by atoms with E-state index >= 15 is 0 Å². The molecule has 0 fully saturated rings. The Balaban J connectivity index is 2.63. The lowest BCUT2D eigenvalue weighted by Gasteiger charge is -1.92. The molecule has 1 rings (SSSR count). The average molecular weight is 169 g/mol. The van der Waals surface area contributed by atoms with Crippen LogP contribution in [-0.2, 0) is 11.2 Å². The lowest BCUT2D eigenvalue weighted by Crippen LogP contribution is -1.97. The SMILES string of the molecule is Cc1noc(CCC(=O)O)c1C. The molecule has 0 radical (unpaired) electrons. The molecular weight excluding hydrogens is 158 g/mol. The van der Waals surface area contributed by atoms with Crippen molar-refractivity contribution in [2.24, 2.45) is 0 Å². The number of rotatable bonds is 3. The first-order chi connectivity index (χ1) is 5.61. The normalized spacial score (nSPS) is 10.2. The van der Waals surface area contributed by atoms with E-state index in [4.69, 9.17) is 9.63 Å². The maximum Gasteiger partial charge on any atom is 0.303 e. The highest BCUT2D eigenvalue weighted by Gasteiger charge is 2.09. The van der Waals surface area contributed by atoms with E-state index in [1.54, 1.807) is 0 Å². The topological polar surface area (TPSA) is 63.3 Å². The van der Waals surface area contributed by atoms with Crippen LogP contribution in [0.15, 0.2) is 4.52 Å². The summed E-state index contributed by atoms with van der Waals surface area (Å²) in [6, 6.07) is 0. The fourth-order valence-electron chi connectivity index (χ4n) is 0.916. The number of hydrogen-bond donors (Lipinski definition) is 1. The third-order valence-corrected chi connectivity index (χ3v) is 1.82. The highest BCUT2D eigenvalue weighted by Crippen LogP contribution is 2.13. The van der Waals surface area contributed by atoms with Gasteiger partial charge >= 0.3 is 5.97 Å². The molecule has 1 heterocycles. The second-order valence-electron chi connectivity index (χ2n) is 2.71. The molecule has 0 amide bonds. The quantitative estimate of drug-likeness (QED) is 0.740. The van der Waals surface area contributed by atoms with E-state index in [9.17, 15) is 4.79 Å². The van der Waals surface area contributed by atoms with Crippen molar-refractivity contribution in [2.75, 3.05) is 0 Å². The third-order valence-electron chi connectivity index (χ3n) is 1.82. The van der Waals surface area contributed by atoms with Gasteiger partial charge in [-0.05, 0) is 13.8 Å². The zero-order chi connectivity index (χ0) is 9.14. The van der Waals surface area contributed by atoms with Gasteiger partial charge in [0.15, 0.2) is 0 Å². The molecule has 12 heavy (non-hydrogen) atoms. The average Bonchev–Trinajstić information content (AvgIpc) is 2.30. The summed E-state index contributed by atoms with van der Waals surface area (Å²) in [6.45, 7) is 3.71. The predicted molar refractivity (Wildman–Crippen MR) is 41.9 cm³/mol. The smallest absolute Gasteiger partial charge is 0.303 e. The summed E-state index contributed by atoms with van der Waals surface area (Å²) in [4.78, 5) is 10.2. The van der Waals surface area contributed by atoms with Gasteiger partial charge in [0.2, 0.25) is 0 Å². The largest absolute Gasteiger partial charge is 0.481 e. The van der Waals surface area contributed by atoms with E-state index in [0.29, 0.717) is 12.2 Å². The third kappa shape index (κ3) is 1.84. The number of aliphatic carboxylic acids is 1. The van der Waals surface area contributed by atoms with Crippen molar-refractivity contribution in [3.05, 3.63) is 17.0 Å². The number of carboxylic acid groups (broad SMARTS) is 1. The van der Waals surface area contributed by atoms with Crippen LogP contribution < -0.4 is 0 Å². The van der Waals surface area contributed by atoms with Gasteiger partial charge in [-0.15, -0.1) is 0 Å². The van der Waals surface area contributed by atoms with Crippen LogP contribution in [0.2, 0.25) is 0 Å². The summed E-state index contributed by atoms with van der Waals surface area (Å²) in [6.07, 6.45) is 0.511. The predicted octanol–water partition coefficient (Wildman–Crippen LogP) is 1.31. The van der Waals surface area contributed by atoms with Gasteiger partial charge in [0, 0.05) is 12.0 Å². The first-order valence-corrected chi connectivity index (χ1v) is 3.75. The molecular formula is C8H11NO3. The molecule has 1 N–H and O–H groups in total. The lowest BCUT2D eigenvalue weighted by molar-refractivity contribution is -0.137. The van der Waals surface area contributed by atoms with Gasteiger partial charge in [-0.25, -0.2) is 0 Å². The Morgan fingerprint density at radius 2 is 2.25 bits per heavy atom. The van der Waals surface area contributed by atoms with Crippen molar-refractivity contribution in [2.45, 2.75) is 26.7 Å². The van der Waals surface area contributed by atoms with Crippen LogP contribution in [0.5, 0.6) is 0 Å². The van der Waals surface area contributed by atoms with Gasteiger partial charge in [0.05, 0.1) is 12.1 Å². The molecule has 66 valence electrons. The van der Waals surface area contributed by atoms with E-state index in [1.165, 1.54) is 0 Å². The lowest BCUT2D eigenvalue weighted by atomic mass is 10.1. The molecule has 0 aliphatic rings. The van der Waals surface area contributed by atoms with Gasteiger partial charge in [0.25, 0.3) is 0 Å². The molecule has 0 aliphatic heterocycles. The molecule has 0 aliphatic carbocycles. The Bertz CT molecular complexity index is 290. The molecule has 1 aromatic heterocycles. The Hall–Kier alpha value is -1.32. The highest BCUT2D eigenvalue weighted by molar-refractivity contribution is 5.67. The molecule has 4 heteroatoms. The van der Waals surface area contributed by atoms with Crippen molar-refractivity contribution in [1.82, 2.24) is 5.16 Å². The summed E-state index contributed by atoms with van der Waals surface area (Å²) >= 11 is 0. The Morgan fingerprint density at radius 3 is 2.67 bits per heavy atom. The summed E-state index contributed by atoms with van der Waals surface area (Å²) < 4.78 is 4.93. The van der Waals surface area contributed by atoms with E-state index in [0.717, 1.165) is 11.3 Å². The first-order valence-electron chi connectivity index (χ1n) is 3.75. The molecule has 0 unspecified atom stereocenters. The van der Waals surface area contributed by atoms with E-state index < -0.39 is 5.97 Å². The number of carbonyl (C=O) groups is 1. The molecule has 0 saturated carbocycles. The van der Waals surface area contributed by atoms with Crippen LogP contribution in [0, 0.1) is 13.8 Å². The van der Waals surface area contributed by atoms with Gasteiger partial charge < -0.3 is 9.63 Å². The number of nitrogens with zero attached hydrogens (tertiary/aromatic N) is 1. The minimum Gasteiger partial charge on any atom is -0.481 e. The maximum absolute atomic E-state index is 10.2. The van der Waals surface area contributed by atoms with Gasteiger partial charge in [-0.1, -0.05) is 5.16 Å². The standard InChI is InChI=1S/C8H11NO3/c1-5-6(2)9-12-7(5)3-4-8(10)11/h3-4H2,1-2H3,(H,10,11). The monoisotopic (exact) mass is 169 g/mol. The number of aromatic nitrogens is 1. The number of aryl methyl sites for hydroxylation is 2. The first kappa shape index (κ1) is 8.77. The molecule has 0 atom stereocenters. The summed E-state index contributed by atoms with van der Waals surface area (Å²) in [5, 5.41) is 12.1. The van der Waals surface area contributed by atoms with E-state index in [2.05, 4.69) is 5.16 Å². The van der Waals surface area contributed by atoms with Crippen LogP contribution in [0.1, 0.15) is 23.4 Å². The zero-order valence-electron chi connectivity index (χ0n) is 7.13. The van der Waals surface area contributed by atoms with Gasteiger partial charge in [-0.3, -0.25) is 4.79 Å². The molecule has 4 nitrogen and oxygen atoms in total. The van der Waals surface area contributed by atoms with Crippen LogP contribution in [-0.4, -0.2) is 16.2 Å². The Kier molecular flexibility index (Phi) is 2.47. The van der Waals surface area contributed by atoms with Crippen molar-refractivity contribution >= 4 is 5.97 Å². The molecule has 0 bridgehead atoms. The number of hydrogen-bond acceptors (Lipinski definition) is 3. The second kappa shape index (κ2) is 3.38. The fraction of sp³-hybridized carbons (Fsp3) is 0.500. The molecule has 0 aromatic carbocycles. The van der Waals surface area contributed by atoms with Crippen molar-refractivity contribution < 1.29 is 14.4 Å². The number of carboxylic acids is 1. The van der Waals surface area contributed by atoms with Crippen LogP contribution in [0.3, 0.4) is 0 Å². The van der Waals surface area contributed by atoms with Gasteiger partial charge in [-0.2, -0.15) is 0 Å². The highest BCUT2D eigenvalue weighted by atomic mass is 16.5. The Morgan fingerprint density at radius 1 is 1.58 bits per heavy atom. The minimum atomic E-state index is -0.816. The summed E-state index contributed by atoms with van der Waals surface area (Å²) in [5.41, 5.74) is 1.78. The zero-order valence-corrected chi connectivity index (χ0v) is 7.13. The van der Waals surface area contributed by atoms with Gasteiger partial charge in [0.1, 0.15) is 5.76 Å². The van der Waals surface area contributed by atoms with E-state index in [-0.39, 0.29) is 6.42 Å². The van der Waals surface area contributed by atoms with E-state index in [1.807, 2.05) is 13.8 Å². The van der Waals surface area contributed by atoms with Crippen molar-refractivity contribution in [1.29, 1.82) is 0 Å². The fourth-order valence-corrected chi connectivity index (χ4v) is 0.916. The molecule has 0 spiro atoms. The molecule has 0 saturated heterocycles. The Labute approximate surface area is 70.2 Å². The van der Waals surface area contributed by atoms with Crippen molar-refractivity contribution in [3.63, 3.8) is 0 Å². The van der Waals surface area contributed by atoms with Crippen LogP contribution in [0.25, 0.3) is 0 Å². The van der Waals surface area contributed by atoms with Crippen LogP contribution >= 0.6 is 0 Å².